The molecule has 0 unspecified atom stereocenters. The van der Waals surface area contributed by atoms with Crippen LogP contribution in [0.5, 0.6) is 0 Å². The van der Waals surface area contributed by atoms with Gasteiger partial charge in [0, 0.05) is 6.54 Å². The Labute approximate surface area is 128 Å². The lowest BCUT2D eigenvalue weighted by molar-refractivity contribution is 0.664. The molecule has 1 aromatic carbocycles. The smallest absolute Gasteiger partial charge is 0.292 e. The van der Waals surface area contributed by atoms with E-state index in [1.54, 1.807) is 0 Å². The molecule has 0 radical (unpaired) electrons. The topological polar surface area (TPSA) is 46.9 Å². The Bertz CT molecular complexity index is 731. The molecule has 0 aliphatic carbocycles. The molecule has 1 aromatic heterocycles. The van der Waals surface area contributed by atoms with Crippen LogP contribution in [0.3, 0.4) is 0 Å². The zero-order valence-corrected chi connectivity index (χ0v) is 12.5. The maximum Gasteiger partial charge on any atom is 0.292 e. The average Bonchev–Trinajstić information content (AvgIpc) is 2.47. The van der Waals surface area contributed by atoms with Crippen LogP contribution in [0.4, 0.5) is 5.69 Å². The van der Waals surface area contributed by atoms with Gasteiger partial charge in [-0.25, -0.2) is 4.68 Å². The molecule has 0 atom stereocenters. The van der Waals surface area contributed by atoms with Crippen LogP contribution in [0, 0.1) is 19.3 Å². The van der Waals surface area contributed by atoms with Gasteiger partial charge in [0.15, 0.2) is 0 Å². The second-order valence-electron chi connectivity index (χ2n) is 4.64. The highest BCUT2D eigenvalue weighted by Crippen LogP contribution is 2.15. The number of aromatic nitrogens is 2. The highest BCUT2D eigenvalue weighted by atomic mass is 35.5. The van der Waals surface area contributed by atoms with Gasteiger partial charge in [-0.05, 0) is 24.5 Å². The molecule has 0 fully saturated rings. The molecule has 0 aliphatic heterocycles. The molecule has 0 amide bonds. The van der Waals surface area contributed by atoms with Crippen LogP contribution in [0.1, 0.15) is 11.1 Å². The molecule has 0 saturated heterocycles. The van der Waals surface area contributed by atoms with Gasteiger partial charge in [0.05, 0.1) is 11.2 Å². The molecule has 1 N–H and O–H groups in total. The number of nitrogens with one attached hydrogen (secondary N) is 1. The van der Waals surface area contributed by atoms with Gasteiger partial charge in [-0.2, -0.15) is 5.10 Å². The van der Waals surface area contributed by atoms with Gasteiger partial charge < -0.3 is 5.32 Å². The van der Waals surface area contributed by atoms with E-state index >= 15 is 0 Å². The lowest BCUT2D eigenvalue weighted by atomic mass is 10.1. The summed E-state index contributed by atoms with van der Waals surface area (Å²) in [6.45, 7) is 2.80. The molecular weight excluding hydrogens is 286 g/mol. The van der Waals surface area contributed by atoms with Gasteiger partial charge in [-0.15, -0.1) is 6.42 Å². The lowest BCUT2D eigenvalue weighted by Gasteiger charge is -2.10. The SMILES string of the molecule is C#CCn1ncc(Cl)c(NCCc2ccccc2C)c1=O. The molecule has 1 heterocycles. The van der Waals surface area contributed by atoms with Crippen LogP contribution in [-0.2, 0) is 13.0 Å². The summed E-state index contributed by atoms with van der Waals surface area (Å²) in [7, 11) is 0. The van der Waals surface area contributed by atoms with Crippen molar-refractivity contribution in [3.63, 3.8) is 0 Å². The molecule has 2 rings (SSSR count). The number of nitrogens with zero attached hydrogens (tertiary/aromatic N) is 2. The standard InChI is InChI=1S/C16H16ClN3O/c1-3-10-20-16(21)15(14(17)11-19-20)18-9-8-13-7-5-4-6-12(13)2/h1,4-7,11,18H,8-10H2,2H3. The van der Waals surface area contributed by atoms with E-state index < -0.39 is 0 Å². The Morgan fingerprint density at radius 1 is 1.43 bits per heavy atom. The molecule has 21 heavy (non-hydrogen) atoms. The van der Waals surface area contributed by atoms with Crippen molar-refractivity contribution in [2.45, 2.75) is 19.9 Å². The van der Waals surface area contributed by atoms with Crippen molar-refractivity contribution in [1.82, 2.24) is 9.78 Å². The summed E-state index contributed by atoms with van der Waals surface area (Å²) in [4.78, 5) is 12.1. The van der Waals surface area contributed by atoms with Gasteiger partial charge in [0.2, 0.25) is 0 Å². The normalized spacial score (nSPS) is 10.1. The number of benzene rings is 1. The third-order valence-corrected chi connectivity index (χ3v) is 3.48. The first-order valence-electron chi connectivity index (χ1n) is 6.61. The molecule has 0 aliphatic rings. The number of halogens is 1. The number of terminal acetylenes is 1. The van der Waals surface area contributed by atoms with Crippen LogP contribution in [0.25, 0.3) is 0 Å². The van der Waals surface area contributed by atoms with Gasteiger partial charge in [0.1, 0.15) is 12.2 Å². The fourth-order valence-electron chi connectivity index (χ4n) is 2.04. The Morgan fingerprint density at radius 2 is 2.19 bits per heavy atom. The largest absolute Gasteiger partial charge is 0.379 e. The van der Waals surface area contributed by atoms with Crippen LogP contribution in [0.2, 0.25) is 5.02 Å². The van der Waals surface area contributed by atoms with E-state index in [-0.39, 0.29) is 12.1 Å². The Morgan fingerprint density at radius 3 is 2.90 bits per heavy atom. The number of aryl methyl sites for hydroxylation is 1. The van der Waals surface area contributed by atoms with E-state index in [0.717, 1.165) is 6.42 Å². The number of rotatable bonds is 5. The molecule has 0 saturated carbocycles. The summed E-state index contributed by atoms with van der Waals surface area (Å²) >= 11 is 6.02. The van der Waals surface area contributed by atoms with Crippen molar-refractivity contribution in [3.8, 4) is 12.3 Å². The van der Waals surface area contributed by atoms with Crippen molar-refractivity contribution in [1.29, 1.82) is 0 Å². The third kappa shape index (κ3) is 3.65. The fraction of sp³-hybridized carbons (Fsp3) is 0.250. The van der Waals surface area contributed by atoms with Gasteiger partial charge in [0.25, 0.3) is 5.56 Å². The van der Waals surface area contributed by atoms with Crippen LogP contribution in [-0.4, -0.2) is 16.3 Å². The molecule has 4 nitrogen and oxygen atoms in total. The zero-order valence-electron chi connectivity index (χ0n) is 11.8. The number of hydrogen-bond acceptors (Lipinski definition) is 3. The summed E-state index contributed by atoms with van der Waals surface area (Å²) in [6.07, 6.45) is 7.44. The first kappa shape index (κ1) is 15.1. The van der Waals surface area contributed by atoms with Crippen molar-refractivity contribution >= 4 is 17.3 Å². The highest BCUT2D eigenvalue weighted by molar-refractivity contribution is 6.32. The minimum absolute atomic E-state index is 0.127. The summed E-state index contributed by atoms with van der Waals surface area (Å²) in [6, 6.07) is 8.14. The summed E-state index contributed by atoms with van der Waals surface area (Å²) in [5, 5.41) is 7.28. The quantitative estimate of drug-likeness (QED) is 0.863. The van der Waals surface area contributed by atoms with E-state index in [2.05, 4.69) is 35.4 Å². The van der Waals surface area contributed by atoms with E-state index in [1.807, 2.05) is 12.1 Å². The third-order valence-electron chi connectivity index (χ3n) is 3.20. The van der Waals surface area contributed by atoms with E-state index in [1.165, 1.54) is 22.0 Å². The Hall–Kier alpha value is -2.25. The minimum Gasteiger partial charge on any atom is -0.379 e. The fourth-order valence-corrected chi connectivity index (χ4v) is 2.23. The van der Waals surface area contributed by atoms with Crippen molar-refractivity contribution in [2.75, 3.05) is 11.9 Å². The molecule has 108 valence electrons. The zero-order chi connectivity index (χ0) is 15.2. The molecule has 0 spiro atoms. The second-order valence-corrected chi connectivity index (χ2v) is 5.04. The minimum atomic E-state index is -0.301. The number of anilines is 1. The molecule has 5 heteroatoms. The first-order chi connectivity index (χ1) is 10.1. The van der Waals surface area contributed by atoms with Crippen molar-refractivity contribution in [2.24, 2.45) is 0 Å². The molecule has 0 bridgehead atoms. The van der Waals surface area contributed by atoms with Crippen molar-refractivity contribution in [3.05, 3.63) is 57.0 Å². The molecular formula is C16H16ClN3O. The first-order valence-corrected chi connectivity index (χ1v) is 6.98. The van der Waals surface area contributed by atoms with E-state index in [0.29, 0.717) is 17.3 Å². The number of hydrogen-bond donors (Lipinski definition) is 1. The van der Waals surface area contributed by atoms with Crippen LogP contribution < -0.4 is 10.9 Å². The second kappa shape index (κ2) is 6.96. The van der Waals surface area contributed by atoms with E-state index in [9.17, 15) is 4.79 Å². The predicted octanol–water partition coefficient (Wildman–Crippen LogP) is 2.49. The van der Waals surface area contributed by atoms with Crippen LogP contribution in [0.15, 0.2) is 35.3 Å². The van der Waals surface area contributed by atoms with Gasteiger partial charge in [-0.3, -0.25) is 4.79 Å². The monoisotopic (exact) mass is 301 g/mol. The summed E-state index contributed by atoms with van der Waals surface area (Å²) in [5.74, 6) is 2.39. The van der Waals surface area contributed by atoms with Gasteiger partial charge >= 0.3 is 0 Å². The van der Waals surface area contributed by atoms with E-state index in [4.69, 9.17) is 18.0 Å². The highest BCUT2D eigenvalue weighted by Gasteiger charge is 2.09. The maximum absolute atomic E-state index is 12.1. The maximum atomic E-state index is 12.1. The predicted molar refractivity (Wildman–Crippen MR) is 85.7 cm³/mol. The van der Waals surface area contributed by atoms with Crippen molar-refractivity contribution < 1.29 is 0 Å². The Balaban J connectivity index is 2.10. The summed E-state index contributed by atoms with van der Waals surface area (Å²) < 4.78 is 1.21. The average molecular weight is 302 g/mol. The van der Waals surface area contributed by atoms with Crippen LogP contribution >= 0.6 is 11.6 Å². The summed E-state index contributed by atoms with van der Waals surface area (Å²) in [5.41, 5.74) is 2.50. The lowest BCUT2D eigenvalue weighted by Crippen LogP contribution is -2.26. The molecule has 2 aromatic rings. The van der Waals surface area contributed by atoms with Gasteiger partial charge in [-0.1, -0.05) is 41.8 Å². The Kier molecular flexibility index (Phi) is 5.02.